The molecule has 1 unspecified atom stereocenters. The molecule has 0 aliphatic carbocycles. The Morgan fingerprint density at radius 1 is 0.643 bits per heavy atom. The molecule has 0 rings (SSSR count). The summed E-state index contributed by atoms with van der Waals surface area (Å²) < 4.78 is 32.8. The lowest BCUT2D eigenvalue weighted by molar-refractivity contribution is -0.0302. The first-order chi connectivity index (χ1) is 13.7. The van der Waals surface area contributed by atoms with Gasteiger partial charge in [-0.1, -0.05) is 33.6 Å². The van der Waals surface area contributed by atoms with Crippen LogP contribution in [0.4, 0.5) is 0 Å². The molecule has 0 fully saturated rings. The fourth-order valence-corrected chi connectivity index (χ4v) is 2.55. The molecule has 0 spiro atoms. The summed E-state index contributed by atoms with van der Waals surface area (Å²) >= 11 is 0. The van der Waals surface area contributed by atoms with Crippen molar-refractivity contribution < 1.29 is 33.5 Å². The summed E-state index contributed by atoms with van der Waals surface area (Å²) in [6.45, 7) is 12.6. The average Bonchev–Trinajstić information content (AvgIpc) is 2.67. The number of ether oxygens (including phenoxy) is 6. The van der Waals surface area contributed by atoms with Gasteiger partial charge in [0.1, 0.15) is 0 Å². The van der Waals surface area contributed by atoms with Crippen molar-refractivity contribution in [1.82, 2.24) is 0 Å². The van der Waals surface area contributed by atoms with Crippen LogP contribution in [0.25, 0.3) is 0 Å². The summed E-state index contributed by atoms with van der Waals surface area (Å²) in [6, 6.07) is 0. The third-order valence-electron chi connectivity index (χ3n) is 3.92. The van der Waals surface area contributed by atoms with Crippen LogP contribution in [-0.4, -0.2) is 90.5 Å². The quantitative estimate of drug-likeness (QED) is 0.261. The van der Waals surface area contributed by atoms with Crippen LogP contribution in [0.2, 0.25) is 0 Å². The third kappa shape index (κ3) is 22.0. The van der Waals surface area contributed by atoms with E-state index in [2.05, 4.69) is 20.8 Å². The van der Waals surface area contributed by atoms with Gasteiger partial charge in [-0.3, -0.25) is 0 Å². The fourth-order valence-electron chi connectivity index (χ4n) is 2.55. The van der Waals surface area contributed by atoms with E-state index >= 15 is 0 Å². The molecule has 0 aromatic carbocycles. The van der Waals surface area contributed by atoms with Gasteiger partial charge in [-0.25, -0.2) is 0 Å². The molecule has 0 aliphatic heterocycles. The second-order valence-corrected chi connectivity index (χ2v) is 7.05. The van der Waals surface area contributed by atoms with Crippen LogP contribution in [0.5, 0.6) is 0 Å². The van der Waals surface area contributed by atoms with E-state index in [1.165, 1.54) is 12.8 Å². The third-order valence-corrected chi connectivity index (χ3v) is 3.92. The highest BCUT2D eigenvalue weighted by Crippen LogP contribution is 2.14. The first-order valence-corrected chi connectivity index (χ1v) is 10.8. The van der Waals surface area contributed by atoms with Crippen molar-refractivity contribution in [1.29, 1.82) is 0 Å². The van der Waals surface area contributed by atoms with Crippen molar-refractivity contribution in [3.63, 3.8) is 0 Å². The molecule has 0 saturated heterocycles. The molecular weight excluding hydrogens is 364 g/mol. The summed E-state index contributed by atoms with van der Waals surface area (Å²) in [4.78, 5) is 0. The highest BCUT2D eigenvalue weighted by molar-refractivity contribution is 4.61. The van der Waals surface area contributed by atoms with Crippen LogP contribution in [0.1, 0.15) is 46.5 Å². The minimum Gasteiger partial charge on any atom is -0.394 e. The fraction of sp³-hybridized carbons (Fsp3) is 1.00. The van der Waals surface area contributed by atoms with Gasteiger partial charge in [0.2, 0.25) is 0 Å². The maximum absolute atomic E-state index is 8.54. The van der Waals surface area contributed by atoms with E-state index in [-0.39, 0.29) is 6.61 Å². The highest BCUT2D eigenvalue weighted by Gasteiger charge is 2.10. The van der Waals surface area contributed by atoms with Crippen LogP contribution >= 0.6 is 0 Å². The largest absolute Gasteiger partial charge is 0.394 e. The van der Waals surface area contributed by atoms with Crippen LogP contribution in [0.3, 0.4) is 0 Å². The summed E-state index contributed by atoms with van der Waals surface area (Å²) in [5.74, 6) is 0.663. The number of unbranched alkanes of at least 4 members (excludes halogenated alkanes) is 1. The zero-order valence-corrected chi connectivity index (χ0v) is 18.4. The molecule has 1 atom stereocenters. The molecule has 1 N–H and O–H groups in total. The van der Waals surface area contributed by atoms with E-state index < -0.39 is 0 Å². The first-order valence-electron chi connectivity index (χ1n) is 10.8. The van der Waals surface area contributed by atoms with Gasteiger partial charge in [0.15, 0.2) is 0 Å². The predicted octanol–water partition coefficient (Wildman–Crippen LogP) is 2.68. The van der Waals surface area contributed by atoms with Crippen molar-refractivity contribution >= 4 is 0 Å². The van der Waals surface area contributed by atoms with Gasteiger partial charge >= 0.3 is 0 Å². The molecule has 0 heterocycles. The normalized spacial score (nSPS) is 12.8. The van der Waals surface area contributed by atoms with Crippen LogP contribution in [-0.2, 0) is 28.4 Å². The van der Waals surface area contributed by atoms with Crippen molar-refractivity contribution in [2.45, 2.75) is 52.6 Å². The Balaban J connectivity index is 3.26. The van der Waals surface area contributed by atoms with Gasteiger partial charge in [-0.05, 0) is 18.8 Å². The molecule has 0 bridgehead atoms. The molecular formula is C21H44O7. The van der Waals surface area contributed by atoms with Gasteiger partial charge in [-0.2, -0.15) is 0 Å². The van der Waals surface area contributed by atoms with Crippen LogP contribution in [0, 0.1) is 5.92 Å². The highest BCUT2D eigenvalue weighted by atomic mass is 16.6. The Labute approximate surface area is 172 Å². The van der Waals surface area contributed by atoms with Crippen LogP contribution in [0.15, 0.2) is 0 Å². The van der Waals surface area contributed by atoms with E-state index in [1.807, 2.05) is 0 Å². The summed E-state index contributed by atoms with van der Waals surface area (Å²) in [6.07, 6.45) is 5.04. The number of aliphatic hydroxyl groups excluding tert-OH is 1. The standard InChI is InChI=1S/C21H44O7/c1-4-5-6-21(19-20(2)3)28-18-17-27-16-15-26-14-13-25-12-11-24-10-9-23-8-7-22/h20-22H,4-19H2,1-3H3. The minimum atomic E-state index is 0.0414. The van der Waals surface area contributed by atoms with Crippen molar-refractivity contribution in [2.24, 2.45) is 5.92 Å². The van der Waals surface area contributed by atoms with Gasteiger partial charge in [-0.15, -0.1) is 0 Å². The van der Waals surface area contributed by atoms with Crippen LogP contribution < -0.4 is 0 Å². The Bertz CT molecular complexity index is 290. The summed E-state index contributed by atoms with van der Waals surface area (Å²) in [5.41, 5.74) is 0. The van der Waals surface area contributed by atoms with Crippen molar-refractivity contribution in [2.75, 3.05) is 79.3 Å². The maximum Gasteiger partial charge on any atom is 0.0704 e. The molecule has 28 heavy (non-hydrogen) atoms. The molecule has 0 aliphatic rings. The average molecular weight is 409 g/mol. The van der Waals surface area contributed by atoms with E-state index in [1.54, 1.807) is 0 Å². The SMILES string of the molecule is CCCCC(CC(C)C)OCCOCCOCCOCCOCCOCCO. The maximum atomic E-state index is 8.54. The summed E-state index contributed by atoms with van der Waals surface area (Å²) in [7, 11) is 0. The van der Waals surface area contributed by atoms with E-state index in [0.29, 0.717) is 84.7 Å². The molecule has 0 saturated carbocycles. The predicted molar refractivity (Wildman–Crippen MR) is 110 cm³/mol. The molecule has 7 heteroatoms. The van der Waals surface area contributed by atoms with Gasteiger partial charge in [0.25, 0.3) is 0 Å². The second kappa shape index (κ2) is 23.0. The number of rotatable bonds is 23. The topological polar surface area (TPSA) is 75.6 Å². The lowest BCUT2D eigenvalue weighted by Gasteiger charge is -2.19. The lowest BCUT2D eigenvalue weighted by Crippen LogP contribution is -2.19. The van der Waals surface area contributed by atoms with E-state index in [4.69, 9.17) is 33.5 Å². The van der Waals surface area contributed by atoms with E-state index in [9.17, 15) is 0 Å². The monoisotopic (exact) mass is 408 g/mol. The number of aliphatic hydroxyl groups is 1. The van der Waals surface area contributed by atoms with Gasteiger partial charge < -0.3 is 33.5 Å². The Morgan fingerprint density at radius 3 is 1.46 bits per heavy atom. The molecule has 0 aromatic heterocycles. The smallest absolute Gasteiger partial charge is 0.0704 e. The number of hydrogen-bond donors (Lipinski definition) is 1. The summed E-state index contributed by atoms with van der Waals surface area (Å²) in [5, 5.41) is 8.54. The zero-order chi connectivity index (χ0) is 20.7. The van der Waals surface area contributed by atoms with Gasteiger partial charge in [0.05, 0.1) is 85.4 Å². The Hall–Kier alpha value is -0.280. The molecule has 0 aromatic rings. The molecule has 170 valence electrons. The first kappa shape index (κ1) is 27.7. The Kier molecular flexibility index (Phi) is 22.8. The molecule has 7 nitrogen and oxygen atoms in total. The van der Waals surface area contributed by atoms with Gasteiger partial charge in [0, 0.05) is 0 Å². The van der Waals surface area contributed by atoms with Crippen molar-refractivity contribution in [3.8, 4) is 0 Å². The molecule has 0 amide bonds. The Morgan fingerprint density at radius 2 is 1.07 bits per heavy atom. The van der Waals surface area contributed by atoms with E-state index in [0.717, 1.165) is 12.8 Å². The van der Waals surface area contributed by atoms with Crippen molar-refractivity contribution in [3.05, 3.63) is 0 Å². The molecule has 0 radical (unpaired) electrons. The number of hydrogen-bond acceptors (Lipinski definition) is 7. The zero-order valence-electron chi connectivity index (χ0n) is 18.4. The second-order valence-electron chi connectivity index (χ2n) is 7.05. The minimum absolute atomic E-state index is 0.0414. The lowest BCUT2D eigenvalue weighted by atomic mass is 10.0.